The fraction of sp³-hybridized carbons (Fsp3) is 0.318. The summed E-state index contributed by atoms with van der Waals surface area (Å²) in [6.07, 6.45) is -0.697. The zero-order valence-electron chi connectivity index (χ0n) is 17.6. The van der Waals surface area contributed by atoms with E-state index >= 15 is 0 Å². The zero-order valence-corrected chi connectivity index (χ0v) is 17.6. The highest BCUT2D eigenvalue weighted by molar-refractivity contribution is 5.95. The minimum Gasteiger partial charge on any atom is -0.378 e. The topological polar surface area (TPSA) is 63.1 Å². The number of nitrogens with zero attached hydrogens (tertiary/aromatic N) is 4. The Hall–Kier alpha value is -3.36. The van der Waals surface area contributed by atoms with Crippen molar-refractivity contribution >= 4 is 11.6 Å². The number of pyridine rings is 1. The van der Waals surface area contributed by atoms with Crippen LogP contribution in [0.15, 0.2) is 48.8 Å². The monoisotopic (exact) mass is 431 g/mol. The van der Waals surface area contributed by atoms with Crippen molar-refractivity contribution in [2.45, 2.75) is 25.9 Å². The second-order valence-corrected chi connectivity index (χ2v) is 7.38. The first-order valence-corrected chi connectivity index (χ1v) is 9.79. The van der Waals surface area contributed by atoms with Gasteiger partial charge in [0, 0.05) is 32.5 Å². The second kappa shape index (κ2) is 9.20. The van der Waals surface area contributed by atoms with Crippen LogP contribution >= 0.6 is 0 Å². The predicted molar refractivity (Wildman–Crippen MR) is 113 cm³/mol. The van der Waals surface area contributed by atoms with Gasteiger partial charge in [-0.15, -0.1) is 0 Å². The smallest absolute Gasteiger partial charge is 0.378 e. The van der Waals surface area contributed by atoms with Gasteiger partial charge in [-0.2, -0.15) is 18.3 Å². The molecule has 1 amide bonds. The lowest BCUT2D eigenvalue weighted by Crippen LogP contribution is -2.25. The third-order valence-electron chi connectivity index (χ3n) is 4.93. The van der Waals surface area contributed by atoms with Gasteiger partial charge in [-0.3, -0.25) is 4.79 Å². The quantitative estimate of drug-likeness (QED) is 0.574. The molecule has 164 valence electrons. The van der Waals surface area contributed by atoms with E-state index in [0.717, 1.165) is 30.8 Å². The molecule has 1 N–H and O–H groups in total. The van der Waals surface area contributed by atoms with E-state index < -0.39 is 11.7 Å². The molecular weight excluding hydrogens is 407 g/mol. The Morgan fingerprint density at radius 3 is 2.39 bits per heavy atom. The maximum absolute atomic E-state index is 12.7. The lowest BCUT2D eigenvalue weighted by atomic mass is 10.1. The van der Waals surface area contributed by atoms with E-state index in [1.807, 2.05) is 19.0 Å². The molecule has 9 heteroatoms. The van der Waals surface area contributed by atoms with E-state index in [2.05, 4.69) is 39.7 Å². The fourth-order valence-electron chi connectivity index (χ4n) is 3.09. The van der Waals surface area contributed by atoms with Crippen molar-refractivity contribution in [2.75, 3.05) is 25.5 Å². The number of carbonyl (C=O) groups is 1. The minimum absolute atomic E-state index is 0.214. The van der Waals surface area contributed by atoms with Gasteiger partial charge in [0.25, 0.3) is 5.91 Å². The van der Waals surface area contributed by atoms with Crippen LogP contribution in [0.4, 0.5) is 18.9 Å². The Morgan fingerprint density at radius 2 is 1.81 bits per heavy atom. The first-order chi connectivity index (χ1) is 14.7. The van der Waals surface area contributed by atoms with Crippen molar-refractivity contribution in [3.63, 3.8) is 0 Å². The van der Waals surface area contributed by atoms with Crippen LogP contribution in [0, 0.1) is 6.92 Å². The zero-order chi connectivity index (χ0) is 22.6. The predicted octanol–water partition coefficient (Wildman–Crippen LogP) is 4.02. The highest BCUT2D eigenvalue weighted by Gasteiger charge is 2.30. The average molecular weight is 431 g/mol. The van der Waals surface area contributed by atoms with E-state index in [0.29, 0.717) is 17.8 Å². The van der Waals surface area contributed by atoms with Gasteiger partial charge >= 0.3 is 6.18 Å². The van der Waals surface area contributed by atoms with Crippen LogP contribution in [0.5, 0.6) is 0 Å². The summed E-state index contributed by atoms with van der Waals surface area (Å²) in [6, 6.07) is 10.4. The van der Waals surface area contributed by atoms with Gasteiger partial charge in [0.05, 0.1) is 23.0 Å². The molecule has 2 aromatic heterocycles. The Balaban J connectivity index is 1.56. The molecule has 31 heavy (non-hydrogen) atoms. The number of aromatic nitrogens is 3. The van der Waals surface area contributed by atoms with Crippen LogP contribution < -0.4 is 10.2 Å². The molecule has 2 heterocycles. The highest BCUT2D eigenvalue weighted by Crippen LogP contribution is 2.28. The number of anilines is 1. The average Bonchev–Trinajstić information content (AvgIpc) is 3.12. The molecule has 0 aliphatic heterocycles. The van der Waals surface area contributed by atoms with E-state index in [-0.39, 0.29) is 11.7 Å². The Labute approximate surface area is 178 Å². The van der Waals surface area contributed by atoms with Crippen LogP contribution in [0.3, 0.4) is 0 Å². The number of rotatable bonds is 7. The lowest BCUT2D eigenvalue weighted by molar-refractivity contribution is -0.137. The molecule has 3 rings (SSSR count). The third-order valence-corrected chi connectivity index (χ3v) is 4.93. The number of benzene rings is 1. The molecule has 0 spiro atoms. The van der Waals surface area contributed by atoms with Gasteiger partial charge in [0.1, 0.15) is 0 Å². The van der Waals surface area contributed by atoms with Gasteiger partial charge in [-0.05, 0) is 49.6 Å². The van der Waals surface area contributed by atoms with Crippen molar-refractivity contribution in [1.29, 1.82) is 0 Å². The molecule has 0 fully saturated rings. The van der Waals surface area contributed by atoms with Gasteiger partial charge in [0.2, 0.25) is 0 Å². The molecule has 0 radical (unpaired) electrons. The van der Waals surface area contributed by atoms with Crippen molar-refractivity contribution in [3.05, 3.63) is 71.2 Å². The van der Waals surface area contributed by atoms with Crippen LogP contribution in [0.2, 0.25) is 0 Å². The summed E-state index contributed by atoms with van der Waals surface area (Å²) in [4.78, 5) is 18.3. The summed E-state index contributed by atoms with van der Waals surface area (Å²) in [7, 11) is 3.98. The molecule has 0 bridgehead atoms. The Morgan fingerprint density at radius 1 is 1.10 bits per heavy atom. The molecule has 0 aliphatic rings. The number of nitrogens with one attached hydrogen (secondary N) is 1. The van der Waals surface area contributed by atoms with Crippen molar-refractivity contribution in [1.82, 2.24) is 20.1 Å². The molecule has 1 aromatic carbocycles. The molecular formula is C22H24F3N5O. The van der Waals surface area contributed by atoms with Gasteiger partial charge in [-0.1, -0.05) is 12.1 Å². The fourth-order valence-corrected chi connectivity index (χ4v) is 3.09. The molecule has 0 atom stereocenters. The summed E-state index contributed by atoms with van der Waals surface area (Å²) in [5, 5.41) is 6.97. The van der Waals surface area contributed by atoms with E-state index in [9.17, 15) is 18.0 Å². The summed E-state index contributed by atoms with van der Waals surface area (Å²) >= 11 is 0. The van der Waals surface area contributed by atoms with Gasteiger partial charge in [0.15, 0.2) is 5.82 Å². The van der Waals surface area contributed by atoms with E-state index in [1.54, 1.807) is 6.92 Å². The van der Waals surface area contributed by atoms with Crippen LogP contribution in [0.25, 0.3) is 5.82 Å². The first kappa shape index (κ1) is 22.3. The normalized spacial score (nSPS) is 11.4. The molecule has 0 saturated carbocycles. The molecule has 3 aromatic rings. The first-order valence-electron chi connectivity index (χ1n) is 9.79. The molecule has 0 aliphatic carbocycles. The Kier molecular flexibility index (Phi) is 6.62. The van der Waals surface area contributed by atoms with Crippen molar-refractivity contribution in [3.8, 4) is 5.82 Å². The summed E-state index contributed by atoms with van der Waals surface area (Å²) < 4.78 is 39.4. The summed E-state index contributed by atoms with van der Waals surface area (Å²) in [6.45, 7) is 2.17. The number of alkyl halides is 3. The number of halogens is 3. The van der Waals surface area contributed by atoms with E-state index in [4.69, 9.17) is 0 Å². The second-order valence-electron chi connectivity index (χ2n) is 7.38. The Bertz CT molecular complexity index is 1020. The number of hydrogen-bond donors (Lipinski definition) is 1. The number of aryl methyl sites for hydroxylation is 1. The van der Waals surface area contributed by atoms with Crippen LogP contribution in [-0.2, 0) is 12.6 Å². The lowest BCUT2D eigenvalue weighted by Gasteiger charge is -2.12. The largest absolute Gasteiger partial charge is 0.417 e. The third kappa shape index (κ3) is 5.42. The number of hydrogen-bond acceptors (Lipinski definition) is 4. The van der Waals surface area contributed by atoms with Crippen molar-refractivity contribution < 1.29 is 18.0 Å². The molecule has 6 nitrogen and oxygen atoms in total. The summed E-state index contributed by atoms with van der Waals surface area (Å²) in [5.74, 6) is -0.0654. The maximum atomic E-state index is 12.7. The molecule has 0 unspecified atom stereocenters. The van der Waals surface area contributed by atoms with E-state index in [1.165, 1.54) is 22.5 Å². The van der Waals surface area contributed by atoms with Crippen LogP contribution in [-0.4, -0.2) is 41.3 Å². The minimum atomic E-state index is -4.45. The van der Waals surface area contributed by atoms with Crippen molar-refractivity contribution in [2.24, 2.45) is 0 Å². The summed E-state index contributed by atoms with van der Waals surface area (Å²) in [5.41, 5.74) is 2.35. The number of amides is 1. The standard InChI is InChI=1S/C22H24F3N5O/c1-15-19(14-28-30(15)20-11-8-17(13-27-20)22(23,24)25)21(31)26-12-4-5-16-6-9-18(10-7-16)29(2)3/h6-11,13-14H,4-5,12H2,1-3H3,(H,26,31). The van der Waals surface area contributed by atoms with Gasteiger partial charge < -0.3 is 10.2 Å². The number of carbonyl (C=O) groups excluding carboxylic acids is 1. The maximum Gasteiger partial charge on any atom is 0.417 e. The van der Waals surface area contributed by atoms with Gasteiger partial charge in [-0.25, -0.2) is 9.67 Å². The highest BCUT2D eigenvalue weighted by atomic mass is 19.4. The van der Waals surface area contributed by atoms with Crippen LogP contribution in [0.1, 0.15) is 33.6 Å². The molecule has 0 saturated heterocycles. The SMILES string of the molecule is Cc1c(C(=O)NCCCc2ccc(N(C)C)cc2)cnn1-c1ccc(C(F)(F)F)cn1.